The zero-order valence-electron chi connectivity index (χ0n) is 17.2. The van der Waals surface area contributed by atoms with E-state index >= 15 is 0 Å². The molecule has 1 N–H and O–H groups in total. The smallest absolute Gasteiger partial charge is 0.322 e. The monoisotopic (exact) mass is 423 g/mol. The Hall–Kier alpha value is -3.75. The van der Waals surface area contributed by atoms with Gasteiger partial charge in [0, 0.05) is 6.54 Å². The van der Waals surface area contributed by atoms with E-state index in [1.54, 1.807) is 30.3 Å². The second-order valence-electron chi connectivity index (χ2n) is 7.76. The van der Waals surface area contributed by atoms with E-state index in [1.807, 2.05) is 13.8 Å². The van der Waals surface area contributed by atoms with Crippen LogP contribution in [0.4, 0.5) is 10.1 Å². The first-order chi connectivity index (χ1) is 14.9. The number of halogens is 1. The van der Waals surface area contributed by atoms with E-state index < -0.39 is 24.0 Å². The zero-order valence-corrected chi connectivity index (χ0v) is 17.2. The summed E-state index contributed by atoms with van der Waals surface area (Å²) < 4.78 is 17.6. The van der Waals surface area contributed by atoms with Crippen molar-refractivity contribution in [3.05, 3.63) is 75.2 Å². The van der Waals surface area contributed by atoms with Crippen molar-refractivity contribution in [1.82, 2.24) is 18.7 Å². The van der Waals surface area contributed by atoms with Gasteiger partial charge in [0.15, 0.2) is 0 Å². The minimum Gasteiger partial charge on any atom is -0.322 e. The Morgan fingerprint density at radius 3 is 2.55 bits per heavy atom. The summed E-state index contributed by atoms with van der Waals surface area (Å²) in [6.07, 6.45) is 0.725. The molecular formula is C22H22FN5O3. The summed E-state index contributed by atoms with van der Waals surface area (Å²) in [6, 6.07) is 12.6. The molecule has 0 aliphatic rings. The molecule has 1 amide bonds. The van der Waals surface area contributed by atoms with Crippen molar-refractivity contribution in [3.63, 3.8) is 0 Å². The number of hydrogen-bond acceptors (Lipinski definition) is 4. The lowest BCUT2D eigenvalue weighted by molar-refractivity contribution is -0.117. The fraction of sp³-hybridized carbons (Fsp3) is 0.273. The van der Waals surface area contributed by atoms with Gasteiger partial charge in [-0.1, -0.05) is 38.1 Å². The third-order valence-corrected chi connectivity index (χ3v) is 5.06. The third-order valence-electron chi connectivity index (χ3n) is 5.06. The highest BCUT2D eigenvalue weighted by molar-refractivity contribution is 5.90. The van der Waals surface area contributed by atoms with Crippen LogP contribution in [0.2, 0.25) is 0 Å². The molecule has 4 aromatic rings. The number of aromatic nitrogens is 4. The van der Waals surface area contributed by atoms with E-state index in [2.05, 4.69) is 10.4 Å². The predicted octanol–water partition coefficient (Wildman–Crippen LogP) is 2.63. The number of para-hydroxylation sites is 2. The van der Waals surface area contributed by atoms with Crippen LogP contribution in [-0.4, -0.2) is 24.7 Å². The average molecular weight is 423 g/mol. The van der Waals surface area contributed by atoms with Gasteiger partial charge in [0.2, 0.25) is 11.7 Å². The molecule has 9 heteroatoms. The Morgan fingerprint density at radius 2 is 1.81 bits per heavy atom. The minimum atomic E-state index is -0.601. The van der Waals surface area contributed by atoms with Crippen molar-refractivity contribution in [3.8, 4) is 0 Å². The molecule has 2 aromatic carbocycles. The Labute approximate surface area is 176 Å². The summed E-state index contributed by atoms with van der Waals surface area (Å²) >= 11 is 0. The maximum absolute atomic E-state index is 13.8. The molecule has 0 aliphatic heterocycles. The maximum Gasteiger partial charge on any atom is 0.352 e. The molecule has 160 valence electrons. The average Bonchev–Trinajstić information content (AvgIpc) is 3.05. The molecular weight excluding hydrogens is 401 g/mol. The normalized spacial score (nSPS) is 11.5. The molecule has 0 unspecified atom stereocenters. The molecule has 2 heterocycles. The first-order valence-corrected chi connectivity index (χ1v) is 10.0. The standard InChI is InChI=1S/C22H22FN5O3/c1-14(2)11-12-26-20(30)15-7-3-6-10-18(15)28-21(26)25-27(22(28)31)13-19(29)24-17-9-5-4-8-16(17)23/h3-10,14H,11-13H2,1-2H3,(H,24,29). The van der Waals surface area contributed by atoms with Crippen LogP contribution in [0.25, 0.3) is 16.7 Å². The Balaban J connectivity index is 1.80. The second-order valence-corrected chi connectivity index (χ2v) is 7.76. The van der Waals surface area contributed by atoms with Crippen LogP contribution >= 0.6 is 0 Å². The van der Waals surface area contributed by atoms with E-state index in [-0.39, 0.29) is 17.0 Å². The molecule has 0 radical (unpaired) electrons. The number of benzene rings is 2. The van der Waals surface area contributed by atoms with Crippen LogP contribution in [0.5, 0.6) is 0 Å². The number of nitrogens with one attached hydrogen (secondary N) is 1. The number of fused-ring (bicyclic) bond motifs is 3. The first kappa shape index (κ1) is 20.5. The van der Waals surface area contributed by atoms with Crippen molar-refractivity contribution in [2.75, 3.05) is 5.32 Å². The van der Waals surface area contributed by atoms with Gasteiger partial charge in [-0.2, -0.15) is 0 Å². The molecule has 31 heavy (non-hydrogen) atoms. The van der Waals surface area contributed by atoms with Crippen LogP contribution in [-0.2, 0) is 17.9 Å². The third kappa shape index (κ3) is 3.86. The molecule has 0 aliphatic carbocycles. The van der Waals surface area contributed by atoms with Crippen LogP contribution in [0.3, 0.4) is 0 Å². The summed E-state index contributed by atoms with van der Waals surface area (Å²) in [5, 5.41) is 7.12. The van der Waals surface area contributed by atoms with Gasteiger partial charge in [0.05, 0.1) is 16.6 Å². The summed E-state index contributed by atoms with van der Waals surface area (Å²) in [4.78, 5) is 38.6. The van der Waals surface area contributed by atoms with Gasteiger partial charge < -0.3 is 5.32 Å². The lowest BCUT2D eigenvalue weighted by Gasteiger charge is -2.10. The van der Waals surface area contributed by atoms with Crippen molar-refractivity contribution >= 4 is 28.3 Å². The number of aryl methyl sites for hydroxylation is 1. The van der Waals surface area contributed by atoms with E-state index in [1.165, 1.54) is 27.2 Å². The second kappa shape index (κ2) is 8.17. The highest BCUT2D eigenvalue weighted by Crippen LogP contribution is 2.14. The summed E-state index contributed by atoms with van der Waals surface area (Å²) in [7, 11) is 0. The first-order valence-electron chi connectivity index (χ1n) is 10.0. The molecule has 0 saturated heterocycles. The largest absolute Gasteiger partial charge is 0.352 e. The number of nitrogens with zero attached hydrogens (tertiary/aromatic N) is 4. The van der Waals surface area contributed by atoms with Crippen LogP contribution in [0, 0.1) is 11.7 Å². The van der Waals surface area contributed by atoms with Crippen molar-refractivity contribution in [1.29, 1.82) is 0 Å². The SMILES string of the molecule is CC(C)CCn1c(=O)c2ccccc2n2c(=O)n(CC(=O)Nc3ccccc3F)nc12. The molecule has 0 bridgehead atoms. The Bertz CT molecular complexity index is 1400. The fourth-order valence-corrected chi connectivity index (χ4v) is 3.45. The topological polar surface area (TPSA) is 90.4 Å². The summed E-state index contributed by atoms with van der Waals surface area (Å²) in [6.45, 7) is 4.06. The van der Waals surface area contributed by atoms with Gasteiger partial charge in [-0.3, -0.25) is 14.2 Å². The van der Waals surface area contributed by atoms with Gasteiger partial charge in [-0.25, -0.2) is 18.3 Å². The van der Waals surface area contributed by atoms with Crippen LogP contribution in [0.15, 0.2) is 58.1 Å². The quantitative estimate of drug-likeness (QED) is 0.516. The van der Waals surface area contributed by atoms with Crippen LogP contribution < -0.4 is 16.6 Å². The highest BCUT2D eigenvalue weighted by Gasteiger charge is 2.19. The van der Waals surface area contributed by atoms with Gasteiger partial charge in [-0.15, -0.1) is 5.10 Å². The Morgan fingerprint density at radius 1 is 1.10 bits per heavy atom. The lowest BCUT2D eigenvalue weighted by Crippen LogP contribution is -2.29. The lowest BCUT2D eigenvalue weighted by atomic mass is 10.1. The summed E-state index contributed by atoms with van der Waals surface area (Å²) in [5.74, 6) is -0.658. The maximum atomic E-state index is 13.8. The highest BCUT2D eigenvalue weighted by atomic mass is 19.1. The van der Waals surface area contributed by atoms with E-state index in [0.29, 0.717) is 23.4 Å². The number of rotatable bonds is 6. The van der Waals surface area contributed by atoms with Crippen molar-refractivity contribution in [2.45, 2.75) is 33.4 Å². The van der Waals surface area contributed by atoms with E-state index in [4.69, 9.17) is 0 Å². The molecule has 8 nitrogen and oxygen atoms in total. The van der Waals surface area contributed by atoms with Gasteiger partial charge in [0.25, 0.3) is 5.56 Å². The number of hydrogen-bond donors (Lipinski definition) is 1. The van der Waals surface area contributed by atoms with Gasteiger partial charge in [-0.05, 0) is 36.6 Å². The predicted molar refractivity (Wildman–Crippen MR) is 116 cm³/mol. The van der Waals surface area contributed by atoms with E-state index in [0.717, 1.165) is 11.1 Å². The van der Waals surface area contributed by atoms with Gasteiger partial charge >= 0.3 is 5.69 Å². The summed E-state index contributed by atoms with van der Waals surface area (Å²) in [5.41, 5.74) is -0.345. The Kier molecular flexibility index (Phi) is 5.41. The number of amides is 1. The van der Waals surface area contributed by atoms with Gasteiger partial charge in [0.1, 0.15) is 12.4 Å². The molecule has 0 spiro atoms. The fourth-order valence-electron chi connectivity index (χ4n) is 3.45. The minimum absolute atomic E-state index is 0.0172. The van der Waals surface area contributed by atoms with Crippen LogP contribution in [0.1, 0.15) is 20.3 Å². The number of carbonyl (C=O) groups excluding carboxylic acids is 1. The molecule has 0 fully saturated rings. The molecule has 2 aromatic heterocycles. The van der Waals surface area contributed by atoms with Crippen molar-refractivity contribution < 1.29 is 9.18 Å². The molecule has 4 rings (SSSR count). The van der Waals surface area contributed by atoms with E-state index in [9.17, 15) is 18.8 Å². The zero-order chi connectivity index (χ0) is 22.1. The molecule has 0 atom stereocenters. The van der Waals surface area contributed by atoms with Crippen molar-refractivity contribution in [2.24, 2.45) is 5.92 Å². The molecule has 0 saturated carbocycles. The number of anilines is 1. The number of carbonyl (C=O) groups is 1.